The van der Waals surface area contributed by atoms with E-state index in [0.29, 0.717) is 0 Å². The van der Waals surface area contributed by atoms with Crippen LogP contribution in [0.2, 0.25) is 0 Å². The molecule has 0 aromatic carbocycles. The van der Waals surface area contributed by atoms with E-state index in [1.807, 2.05) is 13.8 Å². The third-order valence-electron chi connectivity index (χ3n) is 2.75. The minimum absolute atomic E-state index is 0.0590. The minimum Gasteiger partial charge on any atom is -0.338 e. The summed E-state index contributed by atoms with van der Waals surface area (Å²) in [7, 11) is 1.60. The highest BCUT2D eigenvalue weighted by Crippen LogP contribution is 2.14. The standard InChI is InChI=1S/C11H17F2N3O/c1-4-8(2)10(17)15(3)7-9-14-5-6-16(9)11(12)13/h5-6,8,11H,4,7H2,1-3H3. The predicted octanol–water partition coefficient (Wildman–Crippen LogP) is 2.28. The first-order valence-corrected chi connectivity index (χ1v) is 5.52. The van der Waals surface area contributed by atoms with Crippen molar-refractivity contribution in [1.29, 1.82) is 0 Å². The first kappa shape index (κ1) is 13.6. The van der Waals surface area contributed by atoms with Gasteiger partial charge >= 0.3 is 6.55 Å². The van der Waals surface area contributed by atoms with Crippen molar-refractivity contribution in [3.05, 3.63) is 18.2 Å². The molecular formula is C11H17F2N3O. The number of nitrogens with zero attached hydrogens (tertiary/aromatic N) is 3. The molecule has 1 unspecified atom stereocenters. The van der Waals surface area contributed by atoms with E-state index in [-0.39, 0.29) is 24.2 Å². The maximum absolute atomic E-state index is 12.6. The highest BCUT2D eigenvalue weighted by molar-refractivity contribution is 5.78. The van der Waals surface area contributed by atoms with Crippen molar-refractivity contribution in [3.8, 4) is 0 Å². The van der Waals surface area contributed by atoms with Gasteiger partial charge < -0.3 is 4.90 Å². The summed E-state index contributed by atoms with van der Waals surface area (Å²) in [5, 5.41) is 0. The minimum atomic E-state index is -2.63. The Balaban J connectivity index is 2.71. The van der Waals surface area contributed by atoms with Crippen LogP contribution in [-0.2, 0) is 11.3 Å². The molecule has 1 atom stereocenters. The summed E-state index contributed by atoms with van der Waals surface area (Å²) in [6.45, 7) is 1.20. The van der Waals surface area contributed by atoms with Gasteiger partial charge in [-0.3, -0.25) is 9.36 Å². The SMILES string of the molecule is CCC(C)C(=O)N(C)Cc1nccn1C(F)F. The molecule has 0 radical (unpaired) electrons. The fourth-order valence-corrected chi connectivity index (χ4v) is 1.48. The van der Waals surface area contributed by atoms with E-state index in [2.05, 4.69) is 4.98 Å². The molecule has 0 saturated carbocycles. The molecule has 1 amide bonds. The number of aromatic nitrogens is 2. The Morgan fingerprint density at radius 3 is 2.76 bits per heavy atom. The Morgan fingerprint density at radius 1 is 1.59 bits per heavy atom. The summed E-state index contributed by atoms with van der Waals surface area (Å²) in [5.74, 6) is 0.0328. The van der Waals surface area contributed by atoms with Crippen LogP contribution < -0.4 is 0 Å². The van der Waals surface area contributed by atoms with Gasteiger partial charge in [0.05, 0.1) is 6.54 Å². The summed E-state index contributed by atoms with van der Waals surface area (Å²) in [6.07, 6.45) is 3.25. The van der Waals surface area contributed by atoms with Gasteiger partial charge in [0.15, 0.2) is 0 Å². The van der Waals surface area contributed by atoms with Crippen molar-refractivity contribution in [1.82, 2.24) is 14.5 Å². The molecule has 4 nitrogen and oxygen atoms in total. The van der Waals surface area contributed by atoms with Gasteiger partial charge in [-0.15, -0.1) is 0 Å². The number of halogens is 2. The maximum Gasteiger partial charge on any atom is 0.319 e. The first-order chi connectivity index (χ1) is 7.97. The molecule has 6 heteroatoms. The molecule has 0 spiro atoms. The van der Waals surface area contributed by atoms with Gasteiger partial charge in [0.2, 0.25) is 5.91 Å². The lowest BCUT2D eigenvalue weighted by molar-refractivity contribution is -0.134. The number of rotatable bonds is 5. The van der Waals surface area contributed by atoms with Gasteiger partial charge in [0.1, 0.15) is 5.82 Å². The van der Waals surface area contributed by atoms with E-state index in [1.54, 1.807) is 7.05 Å². The summed E-state index contributed by atoms with van der Waals surface area (Å²) in [6, 6.07) is 0. The van der Waals surface area contributed by atoms with E-state index >= 15 is 0 Å². The second kappa shape index (κ2) is 5.75. The molecular weight excluding hydrogens is 228 g/mol. The van der Waals surface area contributed by atoms with Crippen molar-refractivity contribution in [3.63, 3.8) is 0 Å². The summed E-state index contributed by atoms with van der Waals surface area (Å²) in [4.78, 5) is 17.0. The Hall–Kier alpha value is -1.46. The number of carbonyl (C=O) groups is 1. The summed E-state index contributed by atoms with van der Waals surface area (Å²) < 4.78 is 25.9. The van der Waals surface area contributed by atoms with Gasteiger partial charge in [-0.25, -0.2) is 4.98 Å². The van der Waals surface area contributed by atoms with Crippen LogP contribution in [0, 0.1) is 5.92 Å². The van der Waals surface area contributed by atoms with Gasteiger partial charge in [-0.1, -0.05) is 13.8 Å². The van der Waals surface area contributed by atoms with Crippen LogP contribution in [0.15, 0.2) is 12.4 Å². The number of hydrogen-bond donors (Lipinski definition) is 0. The number of carbonyl (C=O) groups excluding carboxylic acids is 1. The zero-order valence-electron chi connectivity index (χ0n) is 10.2. The molecule has 17 heavy (non-hydrogen) atoms. The number of amides is 1. The topological polar surface area (TPSA) is 38.1 Å². The van der Waals surface area contributed by atoms with Crippen LogP contribution >= 0.6 is 0 Å². The Morgan fingerprint density at radius 2 is 2.24 bits per heavy atom. The number of alkyl halides is 2. The summed E-state index contributed by atoms with van der Waals surface area (Å²) >= 11 is 0. The Bertz CT molecular complexity index is 379. The molecule has 0 aliphatic heterocycles. The fourth-order valence-electron chi connectivity index (χ4n) is 1.48. The second-order valence-corrected chi connectivity index (χ2v) is 4.03. The zero-order chi connectivity index (χ0) is 13.0. The van der Waals surface area contributed by atoms with Crippen LogP contribution in [0.25, 0.3) is 0 Å². The zero-order valence-corrected chi connectivity index (χ0v) is 10.2. The van der Waals surface area contributed by atoms with Crippen molar-refractivity contribution >= 4 is 5.91 Å². The Labute approximate surface area is 99.2 Å². The molecule has 0 bridgehead atoms. The lowest BCUT2D eigenvalue weighted by atomic mass is 10.1. The van der Waals surface area contributed by atoms with E-state index in [0.717, 1.165) is 11.0 Å². The predicted molar refractivity (Wildman–Crippen MR) is 59.4 cm³/mol. The lowest BCUT2D eigenvalue weighted by Gasteiger charge is -2.20. The quantitative estimate of drug-likeness (QED) is 0.798. The Kier molecular flexibility index (Phi) is 4.60. The average molecular weight is 245 g/mol. The second-order valence-electron chi connectivity index (χ2n) is 4.03. The van der Waals surface area contributed by atoms with Gasteiger partial charge in [0.25, 0.3) is 0 Å². The average Bonchev–Trinajstić information content (AvgIpc) is 2.75. The molecule has 96 valence electrons. The van der Waals surface area contributed by atoms with E-state index in [4.69, 9.17) is 0 Å². The molecule has 0 aliphatic rings. The normalized spacial score (nSPS) is 12.8. The van der Waals surface area contributed by atoms with Gasteiger partial charge in [0, 0.05) is 25.4 Å². The third kappa shape index (κ3) is 3.25. The van der Waals surface area contributed by atoms with Crippen molar-refractivity contribution < 1.29 is 13.6 Å². The molecule has 1 aromatic rings. The van der Waals surface area contributed by atoms with Crippen molar-refractivity contribution in [2.24, 2.45) is 5.92 Å². The van der Waals surface area contributed by atoms with Crippen molar-refractivity contribution in [2.75, 3.05) is 7.05 Å². The highest BCUT2D eigenvalue weighted by Gasteiger charge is 2.19. The summed E-state index contributed by atoms with van der Waals surface area (Å²) in [5.41, 5.74) is 0. The molecule has 0 aliphatic carbocycles. The van der Waals surface area contributed by atoms with Crippen LogP contribution in [-0.4, -0.2) is 27.4 Å². The van der Waals surface area contributed by atoms with E-state index < -0.39 is 6.55 Å². The van der Waals surface area contributed by atoms with Gasteiger partial charge in [-0.05, 0) is 6.42 Å². The largest absolute Gasteiger partial charge is 0.338 e. The molecule has 0 fully saturated rings. The van der Waals surface area contributed by atoms with Gasteiger partial charge in [-0.2, -0.15) is 8.78 Å². The molecule has 1 aromatic heterocycles. The first-order valence-electron chi connectivity index (χ1n) is 5.52. The molecule has 1 rings (SSSR count). The van der Waals surface area contributed by atoms with Crippen LogP contribution in [0.3, 0.4) is 0 Å². The number of hydrogen-bond acceptors (Lipinski definition) is 2. The lowest BCUT2D eigenvalue weighted by Crippen LogP contribution is -2.32. The monoisotopic (exact) mass is 245 g/mol. The van der Waals surface area contributed by atoms with E-state index in [1.165, 1.54) is 17.3 Å². The fraction of sp³-hybridized carbons (Fsp3) is 0.636. The highest BCUT2D eigenvalue weighted by atomic mass is 19.3. The van der Waals surface area contributed by atoms with Crippen molar-refractivity contribution in [2.45, 2.75) is 33.4 Å². The van der Waals surface area contributed by atoms with Crippen LogP contribution in [0.5, 0.6) is 0 Å². The molecule has 0 N–H and O–H groups in total. The third-order valence-corrected chi connectivity index (χ3v) is 2.75. The van der Waals surface area contributed by atoms with Crippen LogP contribution in [0.4, 0.5) is 8.78 Å². The smallest absolute Gasteiger partial charge is 0.319 e. The molecule has 0 saturated heterocycles. The van der Waals surface area contributed by atoms with E-state index in [9.17, 15) is 13.6 Å². The maximum atomic E-state index is 12.6. The number of imidazole rings is 1. The molecule has 1 heterocycles. The van der Waals surface area contributed by atoms with Crippen LogP contribution in [0.1, 0.15) is 32.6 Å².